The first-order valence-electron chi connectivity index (χ1n) is 10.8. The lowest BCUT2D eigenvalue weighted by Crippen LogP contribution is -2.44. The number of nitrogens with one attached hydrogen (secondary N) is 1. The molecule has 3 aromatic heterocycles. The summed E-state index contributed by atoms with van der Waals surface area (Å²) in [6.07, 6.45) is -1.79. The van der Waals surface area contributed by atoms with Gasteiger partial charge in [-0.1, -0.05) is 12.0 Å². The summed E-state index contributed by atoms with van der Waals surface area (Å²) in [5.74, 6) is 4.47. The van der Waals surface area contributed by atoms with Gasteiger partial charge in [-0.05, 0) is 13.0 Å². The number of imidazole rings is 1. The summed E-state index contributed by atoms with van der Waals surface area (Å²) in [7, 11) is 1.56. The minimum atomic E-state index is -5.08. The fourth-order valence-corrected chi connectivity index (χ4v) is 3.49. The van der Waals surface area contributed by atoms with Gasteiger partial charge in [0.15, 0.2) is 0 Å². The minimum absolute atomic E-state index is 0.208. The molecule has 0 amide bonds. The number of rotatable bonds is 5. The number of aliphatic carboxylic acids is 1. The average molecular weight is 507 g/mol. The van der Waals surface area contributed by atoms with E-state index in [0.717, 1.165) is 37.7 Å². The van der Waals surface area contributed by atoms with Crippen molar-refractivity contribution in [2.75, 3.05) is 38.2 Å². The first kappa shape index (κ1) is 26.5. The Kier molecular flexibility index (Phi) is 8.49. The molecule has 192 valence electrons. The predicted molar refractivity (Wildman–Crippen MR) is 124 cm³/mol. The average Bonchev–Trinajstić information content (AvgIpc) is 3.24. The third kappa shape index (κ3) is 6.11. The van der Waals surface area contributed by atoms with Gasteiger partial charge in [-0.25, -0.2) is 19.4 Å². The molecule has 0 aromatic carbocycles. The van der Waals surface area contributed by atoms with Crippen molar-refractivity contribution in [2.45, 2.75) is 26.2 Å². The Hall–Kier alpha value is -4.12. The van der Waals surface area contributed by atoms with E-state index in [1.807, 2.05) is 16.7 Å². The Morgan fingerprint density at radius 3 is 2.61 bits per heavy atom. The fraction of sp³-hybridized carbons (Fsp3) is 0.409. The zero-order chi connectivity index (χ0) is 26.3. The van der Waals surface area contributed by atoms with E-state index in [-0.39, 0.29) is 12.1 Å². The lowest BCUT2D eigenvalue weighted by molar-refractivity contribution is -0.192. The molecule has 1 fully saturated rings. The van der Waals surface area contributed by atoms with Gasteiger partial charge in [0, 0.05) is 37.9 Å². The molecular weight excluding hydrogens is 483 g/mol. The maximum atomic E-state index is 13.3. The zero-order valence-electron chi connectivity index (χ0n) is 19.5. The van der Waals surface area contributed by atoms with Crippen LogP contribution in [-0.4, -0.2) is 74.9 Å². The summed E-state index contributed by atoms with van der Waals surface area (Å²) in [6.45, 7) is 5.88. The number of carboxylic acids is 1. The monoisotopic (exact) mass is 507 g/mol. The van der Waals surface area contributed by atoms with Crippen LogP contribution < -0.4 is 20.5 Å². The van der Waals surface area contributed by atoms with Crippen molar-refractivity contribution in [3.8, 4) is 17.7 Å². The summed E-state index contributed by atoms with van der Waals surface area (Å²) >= 11 is 0. The topological polar surface area (TPSA) is 127 Å². The van der Waals surface area contributed by atoms with Crippen LogP contribution in [-0.2, 0) is 17.9 Å². The van der Waals surface area contributed by atoms with Crippen molar-refractivity contribution in [1.82, 2.24) is 29.6 Å². The highest BCUT2D eigenvalue weighted by atomic mass is 19.4. The Morgan fingerprint density at radius 2 is 2.00 bits per heavy atom. The summed E-state index contributed by atoms with van der Waals surface area (Å²) in [5.41, 5.74) is 1.67. The maximum absolute atomic E-state index is 13.3. The molecule has 0 spiro atoms. The second-order valence-electron chi connectivity index (χ2n) is 7.48. The third-order valence-corrected chi connectivity index (χ3v) is 5.15. The number of carbonyl (C=O) groups is 1. The van der Waals surface area contributed by atoms with Crippen LogP contribution in [0.25, 0.3) is 11.0 Å². The van der Waals surface area contributed by atoms with Crippen LogP contribution >= 0.6 is 0 Å². The number of methoxy groups -OCH3 is 1. The van der Waals surface area contributed by atoms with E-state index in [9.17, 15) is 18.0 Å². The molecule has 0 atom stereocenters. The first-order chi connectivity index (χ1) is 17.2. The highest BCUT2D eigenvalue weighted by molar-refractivity contribution is 5.77. The molecule has 1 saturated heterocycles. The van der Waals surface area contributed by atoms with E-state index in [1.54, 1.807) is 26.4 Å². The molecule has 1 aliphatic rings. The van der Waals surface area contributed by atoms with Gasteiger partial charge < -0.3 is 20.1 Å². The van der Waals surface area contributed by atoms with Crippen LogP contribution in [0.2, 0.25) is 0 Å². The molecule has 3 aromatic rings. The largest absolute Gasteiger partial charge is 0.490 e. The molecule has 36 heavy (non-hydrogen) atoms. The van der Waals surface area contributed by atoms with Gasteiger partial charge in [-0.3, -0.25) is 9.36 Å². The normalized spacial score (nSPS) is 13.4. The van der Waals surface area contributed by atoms with Crippen LogP contribution in [0.5, 0.6) is 5.88 Å². The number of nitrogens with zero attached hydrogens (tertiary/aromatic N) is 6. The van der Waals surface area contributed by atoms with Crippen LogP contribution in [0.3, 0.4) is 0 Å². The Bertz CT molecular complexity index is 1340. The molecule has 0 aliphatic carbocycles. The number of aromatic nitrogens is 5. The van der Waals surface area contributed by atoms with Gasteiger partial charge in [0.25, 0.3) is 5.56 Å². The lowest BCUT2D eigenvalue weighted by Gasteiger charge is -2.28. The van der Waals surface area contributed by atoms with Crippen molar-refractivity contribution in [3.05, 3.63) is 40.4 Å². The second kappa shape index (κ2) is 11.5. The van der Waals surface area contributed by atoms with E-state index in [2.05, 4.69) is 32.1 Å². The van der Waals surface area contributed by atoms with Crippen LogP contribution in [0, 0.1) is 11.8 Å². The number of hydrogen-bond donors (Lipinski definition) is 2. The number of anilines is 1. The Morgan fingerprint density at radius 1 is 1.31 bits per heavy atom. The third-order valence-electron chi connectivity index (χ3n) is 5.15. The molecule has 2 N–H and O–H groups in total. The highest BCUT2D eigenvalue weighted by Crippen LogP contribution is 2.21. The fourth-order valence-electron chi connectivity index (χ4n) is 3.49. The number of ether oxygens (including phenoxy) is 1. The number of pyridine rings is 1. The van der Waals surface area contributed by atoms with Crippen LogP contribution in [0.4, 0.5) is 19.1 Å². The van der Waals surface area contributed by atoms with Gasteiger partial charge in [0.05, 0.1) is 26.4 Å². The predicted octanol–water partition coefficient (Wildman–Crippen LogP) is 1.11. The molecule has 11 nitrogen and oxygen atoms in total. The van der Waals surface area contributed by atoms with Gasteiger partial charge in [0.1, 0.15) is 11.0 Å². The molecule has 4 heterocycles. The molecule has 0 radical (unpaired) electrons. The Labute approximate surface area is 203 Å². The SMILES string of the molecule is CC#CCn1c(N2CCNCC2)nc2cnn(Cc3cccnc3OC)c(=O)c21.O=C(O)C(F)(F)F. The number of alkyl halides is 3. The summed E-state index contributed by atoms with van der Waals surface area (Å²) in [4.78, 5) is 33.3. The number of halogens is 3. The van der Waals surface area contributed by atoms with E-state index < -0.39 is 12.1 Å². The summed E-state index contributed by atoms with van der Waals surface area (Å²) < 4.78 is 40.4. The maximum Gasteiger partial charge on any atom is 0.490 e. The van der Waals surface area contributed by atoms with Crippen molar-refractivity contribution in [1.29, 1.82) is 0 Å². The molecule has 0 saturated carbocycles. The Balaban J connectivity index is 0.000000454. The number of hydrogen-bond acceptors (Lipinski definition) is 8. The second-order valence-corrected chi connectivity index (χ2v) is 7.48. The van der Waals surface area contributed by atoms with Crippen molar-refractivity contribution < 1.29 is 27.8 Å². The van der Waals surface area contributed by atoms with E-state index in [4.69, 9.17) is 19.6 Å². The van der Waals surface area contributed by atoms with Gasteiger partial charge in [-0.2, -0.15) is 18.3 Å². The summed E-state index contributed by atoms with van der Waals surface area (Å²) in [6, 6.07) is 3.68. The van der Waals surface area contributed by atoms with Gasteiger partial charge >= 0.3 is 12.1 Å². The smallest absolute Gasteiger partial charge is 0.481 e. The lowest BCUT2D eigenvalue weighted by atomic mass is 10.2. The quantitative estimate of drug-likeness (QED) is 0.488. The number of carboxylic acid groups (broad SMARTS) is 1. The van der Waals surface area contributed by atoms with Crippen LogP contribution in [0.1, 0.15) is 12.5 Å². The van der Waals surface area contributed by atoms with Crippen LogP contribution in [0.15, 0.2) is 29.3 Å². The highest BCUT2D eigenvalue weighted by Gasteiger charge is 2.38. The molecule has 0 bridgehead atoms. The molecule has 4 rings (SSSR count). The van der Waals surface area contributed by atoms with Crippen molar-refractivity contribution in [2.24, 2.45) is 0 Å². The van der Waals surface area contributed by atoms with Gasteiger partial charge in [0.2, 0.25) is 11.8 Å². The van der Waals surface area contributed by atoms with Gasteiger partial charge in [-0.15, -0.1) is 5.92 Å². The zero-order valence-corrected chi connectivity index (χ0v) is 19.5. The summed E-state index contributed by atoms with van der Waals surface area (Å²) in [5, 5.41) is 14.8. The number of fused-ring (bicyclic) bond motifs is 1. The number of piperazine rings is 1. The van der Waals surface area contributed by atoms with Crippen molar-refractivity contribution in [3.63, 3.8) is 0 Å². The van der Waals surface area contributed by atoms with E-state index in [0.29, 0.717) is 23.5 Å². The van der Waals surface area contributed by atoms with E-state index >= 15 is 0 Å². The molecule has 1 aliphatic heterocycles. The minimum Gasteiger partial charge on any atom is -0.481 e. The first-order valence-corrected chi connectivity index (χ1v) is 10.8. The van der Waals surface area contributed by atoms with E-state index in [1.165, 1.54) is 4.68 Å². The molecular formula is C22H24F3N7O4. The molecule has 14 heteroatoms. The van der Waals surface area contributed by atoms with Crippen molar-refractivity contribution >= 4 is 23.0 Å². The molecule has 0 unspecified atom stereocenters. The standard InChI is InChI=1S/C20H23N7O2.C2HF3O2/c1-3-4-10-26-17-16(24-20(26)25-11-8-21-9-12-25)13-23-27(19(17)28)14-15-6-5-7-22-18(15)29-2;3-2(4,5)1(6)7/h5-7,13,21H,8-12,14H2,1-2H3;(H,6,7).